The molecular weight excluding hydrogens is 410 g/mol. The summed E-state index contributed by atoms with van der Waals surface area (Å²) < 4.78 is 7.95. The van der Waals surface area contributed by atoms with E-state index in [2.05, 4.69) is 38.5 Å². The second-order valence-corrected chi connectivity index (χ2v) is 7.70. The fraction of sp³-hybridized carbons (Fsp3) is 0.316. The van der Waals surface area contributed by atoms with Gasteiger partial charge in [-0.3, -0.25) is 4.90 Å². The highest BCUT2D eigenvalue weighted by atomic mass is 79.9. The summed E-state index contributed by atoms with van der Waals surface area (Å²) in [6, 6.07) is 5.94. The van der Waals surface area contributed by atoms with Crippen molar-refractivity contribution in [1.29, 1.82) is 0 Å². The van der Waals surface area contributed by atoms with E-state index in [1.54, 1.807) is 11.1 Å². The first-order valence-electron chi connectivity index (χ1n) is 8.98. The number of ether oxygens (including phenoxy) is 1. The minimum absolute atomic E-state index is 0.297. The van der Waals surface area contributed by atoms with Gasteiger partial charge in [-0.2, -0.15) is 0 Å². The molecule has 5 rings (SSSR count). The minimum Gasteiger partial charge on any atom is -0.447 e. The summed E-state index contributed by atoms with van der Waals surface area (Å²) in [7, 11) is 0. The molecule has 3 aromatic heterocycles. The molecular formula is C19H18BrN5O2. The Hall–Kier alpha value is -2.61. The zero-order chi connectivity index (χ0) is 18.4. The largest absolute Gasteiger partial charge is 0.447 e. The molecule has 0 radical (unpaired) electrons. The summed E-state index contributed by atoms with van der Waals surface area (Å²) in [6.45, 7) is 1.57. The summed E-state index contributed by atoms with van der Waals surface area (Å²) in [4.78, 5) is 22.7. The molecule has 138 valence electrons. The van der Waals surface area contributed by atoms with Gasteiger partial charge in [-0.1, -0.05) is 0 Å². The van der Waals surface area contributed by atoms with Crippen molar-refractivity contribution in [1.82, 2.24) is 14.4 Å². The molecule has 27 heavy (non-hydrogen) atoms. The highest BCUT2D eigenvalue weighted by molar-refractivity contribution is 9.10. The fourth-order valence-electron chi connectivity index (χ4n) is 3.39. The van der Waals surface area contributed by atoms with Crippen LogP contribution >= 0.6 is 15.9 Å². The van der Waals surface area contributed by atoms with Crippen LogP contribution in [-0.4, -0.2) is 33.6 Å². The average Bonchev–Trinajstić information content (AvgIpc) is 3.29. The molecule has 0 bridgehead atoms. The molecule has 1 amide bonds. The lowest BCUT2D eigenvalue weighted by molar-refractivity contribution is 0.181. The number of imidazole rings is 1. The van der Waals surface area contributed by atoms with Gasteiger partial charge in [0.05, 0.1) is 24.5 Å². The second kappa shape index (κ2) is 6.53. The molecule has 7 nitrogen and oxygen atoms in total. The van der Waals surface area contributed by atoms with E-state index in [0.717, 1.165) is 27.3 Å². The van der Waals surface area contributed by atoms with Gasteiger partial charge < -0.3 is 14.5 Å². The zero-order valence-electron chi connectivity index (χ0n) is 14.6. The van der Waals surface area contributed by atoms with Crippen LogP contribution in [0.2, 0.25) is 0 Å². The molecule has 2 fully saturated rings. The Morgan fingerprint density at radius 3 is 2.93 bits per heavy atom. The number of carbonyl (C=O) groups is 1. The fourth-order valence-corrected chi connectivity index (χ4v) is 3.76. The lowest BCUT2D eigenvalue weighted by atomic mass is 10.1. The number of pyridine rings is 2. The second-order valence-electron chi connectivity index (χ2n) is 6.88. The first-order chi connectivity index (χ1) is 13.2. The number of cyclic esters (lactones) is 1. The molecule has 0 atom stereocenters. The molecule has 0 aromatic carbocycles. The molecule has 1 N–H and O–H groups in total. The molecule has 1 aliphatic heterocycles. The van der Waals surface area contributed by atoms with Gasteiger partial charge in [0.25, 0.3) is 0 Å². The summed E-state index contributed by atoms with van der Waals surface area (Å²) in [5.74, 6) is 0.588. The monoisotopic (exact) mass is 427 g/mol. The topological polar surface area (TPSA) is 71.8 Å². The van der Waals surface area contributed by atoms with Crippen molar-refractivity contribution in [3.63, 3.8) is 0 Å². The number of hydrogen-bond donors (Lipinski definition) is 1. The molecule has 2 aliphatic rings. The number of nitrogens with one attached hydrogen (secondary N) is 1. The van der Waals surface area contributed by atoms with E-state index in [4.69, 9.17) is 9.72 Å². The van der Waals surface area contributed by atoms with Crippen LogP contribution in [0.25, 0.3) is 5.65 Å². The van der Waals surface area contributed by atoms with E-state index in [9.17, 15) is 4.79 Å². The van der Waals surface area contributed by atoms with Gasteiger partial charge in [0.1, 0.15) is 11.2 Å². The highest BCUT2D eigenvalue weighted by Gasteiger charge is 2.30. The Morgan fingerprint density at radius 1 is 1.30 bits per heavy atom. The van der Waals surface area contributed by atoms with Crippen LogP contribution in [0.15, 0.2) is 41.4 Å². The van der Waals surface area contributed by atoms with Crippen LogP contribution in [-0.2, 0) is 11.3 Å². The highest BCUT2D eigenvalue weighted by Crippen LogP contribution is 2.42. The summed E-state index contributed by atoms with van der Waals surface area (Å²) in [5, 5.41) is 3.36. The molecule has 1 saturated carbocycles. The maximum Gasteiger partial charge on any atom is 0.414 e. The van der Waals surface area contributed by atoms with Crippen LogP contribution in [0.3, 0.4) is 0 Å². The third kappa shape index (κ3) is 3.25. The van der Waals surface area contributed by atoms with Crippen LogP contribution in [0, 0.1) is 0 Å². The standard InChI is InChI=1S/C19H18BrN5O2/c20-17-8-14(3-4-21-17)22-9-15-11-24-10-13(12-1-2-12)7-16(18(24)23-15)25-5-6-27-19(25)26/h3-4,7-8,10-12H,1-2,5-6,9H2,(H,21,22). The van der Waals surface area contributed by atoms with Gasteiger partial charge in [0, 0.05) is 24.3 Å². The Labute approximate surface area is 164 Å². The van der Waals surface area contributed by atoms with Gasteiger partial charge >= 0.3 is 6.09 Å². The number of nitrogens with zero attached hydrogens (tertiary/aromatic N) is 4. The average molecular weight is 428 g/mol. The van der Waals surface area contributed by atoms with Crippen molar-refractivity contribution < 1.29 is 9.53 Å². The van der Waals surface area contributed by atoms with Crippen LogP contribution in [0.4, 0.5) is 16.2 Å². The smallest absolute Gasteiger partial charge is 0.414 e. The number of fused-ring (bicyclic) bond motifs is 1. The molecule has 3 aromatic rings. The quantitative estimate of drug-likeness (QED) is 0.624. The van der Waals surface area contributed by atoms with Gasteiger partial charge in [-0.25, -0.2) is 14.8 Å². The van der Waals surface area contributed by atoms with Crippen LogP contribution in [0.1, 0.15) is 30.0 Å². The van der Waals surface area contributed by atoms with Crippen molar-refractivity contribution in [3.05, 3.63) is 52.7 Å². The van der Waals surface area contributed by atoms with Gasteiger partial charge in [-0.15, -0.1) is 0 Å². The summed E-state index contributed by atoms with van der Waals surface area (Å²) >= 11 is 3.38. The predicted molar refractivity (Wildman–Crippen MR) is 105 cm³/mol. The van der Waals surface area contributed by atoms with E-state index in [0.29, 0.717) is 25.6 Å². The SMILES string of the molecule is O=C1OCCN1c1cc(C2CC2)cn2cc(CNc3ccnc(Br)c3)nc12. The lowest BCUT2D eigenvalue weighted by Gasteiger charge is -2.15. The minimum atomic E-state index is -0.297. The number of aromatic nitrogens is 3. The number of hydrogen-bond acceptors (Lipinski definition) is 5. The van der Waals surface area contributed by atoms with E-state index in [1.807, 2.05) is 22.7 Å². The number of carbonyl (C=O) groups excluding carboxylic acids is 1. The molecule has 8 heteroatoms. The molecule has 1 aliphatic carbocycles. The molecule has 1 saturated heterocycles. The molecule has 0 unspecified atom stereocenters. The number of anilines is 2. The van der Waals surface area contributed by atoms with Crippen molar-refractivity contribution >= 4 is 39.0 Å². The number of amides is 1. The van der Waals surface area contributed by atoms with Crippen LogP contribution < -0.4 is 10.2 Å². The molecule has 0 spiro atoms. The van der Waals surface area contributed by atoms with E-state index in [-0.39, 0.29) is 6.09 Å². The maximum atomic E-state index is 12.1. The predicted octanol–water partition coefficient (Wildman–Crippen LogP) is 3.94. The third-order valence-corrected chi connectivity index (χ3v) is 5.34. The van der Waals surface area contributed by atoms with Crippen molar-refractivity contribution in [2.75, 3.05) is 23.4 Å². The Morgan fingerprint density at radius 2 is 2.19 bits per heavy atom. The summed E-state index contributed by atoms with van der Waals surface area (Å²) in [5.41, 5.74) is 4.75. The van der Waals surface area contributed by atoms with Crippen molar-refractivity contribution in [3.8, 4) is 0 Å². The summed E-state index contributed by atoms with van der Waals surface area (Å²) in [6.07, 6.45) is 8.02. The first-order valence-corrected chi connectivity index (χ1v) is 9.78. The Kier molecular flexibility index (Phi) is 4.00. The van der Waals surface area contributed by atoms with Crippen molar-refractivity contribution in [2.24, 2.45) is 0 Å². The third-order valence-electron chi connectivity index (χ3n) is 4.90. The maximum absolute atomic E-state index is 12.1. The number of halogens is 1. The van der Waals surface area contributed by atoms with Gasteiger partial charge in [-0.05, 0) is 58.5 Å². The normalized spacial score (nSPS) is 16.8. The Bertz CT molecular complexity index is 1030. The Balaban J connectivity index is 1.49. The van der Waals surface area contributed by atoms with Gasteiger partial charge in [0.2, 0.25) is 0 Å². The van der Waals surface area contributed by atoms with E-state index in [1.165, 1.54) is 18.4 Å². The van der Waals surface area contributed by atoms with Crippen molar-refractivity contribution in [2.45, 2.75) is 25.3 Å². The molecule has 4 heterocycles. The van der Waals surface area contributed by atoms with Crippen LogP contribution in [0.5, 0.6) is 0 Å². The first kappa shape index (κ1) is 16.6. The van der Waals surface area contributed by atoms with E-state index < -0.39 is 0 Å². The van der Waals surface area contributed by atoms with E-state index >= 15 is 0 Å². The lowest BCUT2D eigenvalue weighted by Crippen LogP contribution is -2.24. The zero-order valence-corrected chi connectivity index (χ0v) is 16.1. The van der Waals surface area contributed by atoms with Gasteiger partial charge in [0.15, 0.2) is 5.65 Å². The number of rotatable bonds is 5.